The van der Waals surface area contributed by atoms with Crippen LogP contribution in [0.4, 0.5) is 0 Å². The van der Waals surface area contributed by atoms with Crippen LogP contribution in [0.1, 0.15) is 5.56 Å². The molecule has 1 aromatic heterocycles. The first-order valence-corrected chi connectivity index (χ1v) is 6.72. The third-order valence-corrected chi connectivity index (χ3v) is 3.92. The van der Waals surface area contributed by atoms with Crippen LogP contribution in [-0.4, -0.2) is 47.8 Å². The van der Waals surface area contributed by atoms with Crippen molar-refractivity contribution >= 4 is 23.3 Å². The molecule has 1 fully saturated rings. The molecular formula is C13H18N4S. The summed E-state index contributed by atoms with van der Waals surface area (Å²) in [5.74, 6) is 0. The Morgan fingerprint density at radius 3 is 2.61 bits per heavy atom. The van der Waals surface area contributed by atoms with Gasteiger partial charge in [-0.1, -0.05) is 12.1 Å². The van der Waals surface area contributed by atoms with Gasteiger partial charge in [0.25, 0.3) is 0 Å². The molecule has 1 aliphatic rings. The van der Waals surface area contributed by atoms with E-state index in [9.17, 15) is 0 Å². The SMILES string of the molecule is Cc1cccc2[nH]c(=S)n(N3CCN(C)CC3)c12. The lowest BCUT2D eigenvalue weighted by Gasteiger charge is -2.34. The molecular weight excluding hydrogens is 244 g/mol. The van der Waals surface area contributed by atoms with Gasteiger partial charge in [-0.05, 0) is 37.8 Å². The van der Waals surface area contributed by atoms with Crippen molar-refractivity contribution in [2.45, 2.75) is 6.92 Å². The Morgan fingerprint density at radius 2 is 1.89 bits per heavy atom. The topological polar surface area (TPSA) is 27.2 Å². The average molecular weight is 262 g/mol. The van der Waals surface area contributed by atoms with Crippen molar-refractivity contribution < 1.29 is 0 Å². The predicted octanol–water partition coefficient (Wildman–Crippen LogP) is 1.89. The van der Waals surface area contributed by atoms with Crippen LogP contribution in [0.3, 0.4) is 0 Å². The second-order valence-corrected chi connectivity index (χ2v) is 5.36. The smallest absolute Gasteiger partial charge is 0.197 e. The van der Waals surface area contributed by atoms with Crippen molar-refractivity contribution in [2.24, 2.45) is 0 Å². The molecule has 1 aliphatic heterocycles. The molecule has 4 nitrogen and oxygen atoms in total. The van der Waals surface area contributed by atoms with Crippen LogP contribution in [0, 0.1) is 11.7 Å². The molecule has 96 valence electrons. The summed E-state index contributed by atoms with van der Waals surface area (Å²) in [6, 6.07) is 6.29. The summed E-state index contributed by atoms with van der Waals surface area (Å²) in [5, 5.41) is 2.34. The van der Waals surface area contributed by atoms with E-state index in [-0.39, 0.29) is 0 Å². The Morgan fingerprint density at radius 1 is 1.17 bits per heavy atom. The van der Waals surface area contributed by atoms with E-state index in [0.717, 1.165) is 36.5 Å². The molecule has 0 saturated carbocycles. The minimum atomic E-state index is 0.795. The first-order chi connectivity index (χ1) is 8.66. The summed E-state index contributed by atoms with van der Waals surface area (Å²) in [6.07, 6.45) is 0. The highest BCUT2D eigenvalue weighted by Crippen LogP contribution is 2.19. The van der Waals surface area contributed by atoms with Crippen molar-refractivity contribution in [2.75, 3.05) is 38.2 Å². The van der Waals surface area contributed by atoms with Crippen LogP contribution in [0.25, 0.3) is 11.0 Å². The number of nitrogens with zero attached hydrogens (tertiary/aromatic N) is 3. The molecule has 0 spiro atoms. The number of nitrogens with one attached hydrogen (secondary N) is 1. The zero-order valence-corrected chi connectivity index (χ0v) is 11.6. The number of aryl methyl sites for hydroxylation is 1. The zero-order valence-electron chi connectivity index (χ0n) is 10.8. The highest BCUT2D eigenvalue weighted by atomic mass is 32.1. The van der Waals surface area contributed by atoms with Gasteiger partial charge in [0.2, 0.25) is 0 Å². The predicted molar refractivity (Wildman–Crippen MR) is 77.3 cm³/mol. The van der Waals surface area contributed by atoms with E-state index in [1.807, 2.05) is 0 Å². The number of benzene rings is 1. The Balaban J connectivity index is 2.11. The molecule has 2 heterocycles. The van der Waals surface area contributed by atoms with Crippen molar-refractivity contribution in [1.82, 2.24) is 14.6 Å². The summed E-state index contributed by atoms with van der Waals surface area (Å²) in [5.41, 5.74) is 3.60. The number of piperazine rings is 1. The number of rotatable bonds is 1. The number of imidazole rings is 1. The van der Waals surface area contributed by atoms with E-state index >= 15 is 0 Å². The normalized spacial score (nSPS) is 17.6. The van der Waals surface area contributed by atoms with Gasteiger partial charge in [0.1, 0.15) is 0 Å². The lowest BCUT2D eigenvalue weighted by molar-refractivity contribution is 0.288. The maximum Gasteiger partial charge on any atom is 0.197 e. The standard InChI is InChI=1S/C13H18N4S/c1-10-4-3-5-11-12(10)17(13(18)14-11)16-8-6-15(2)7-9-16/h3-5H,6-9H2,1-2H3,(H,14,18). The summed E-state index contributed by atoms with van der Waals surface area (Å²) < 4.78 is 2.97. The molecule has 0 aliphatic carbocycles. The van der Waals surface area contributed by atoms with Crippen LogP contribution in [0.2, 0.25) is 0 Å². The number of fused-ring (bicyclic) bond motifs is 1. The van der Waals surface area contributed by atoms with E-state index < -0.39 is 0 Å². The summed E-state index contributed by atoms with van der Waals surface area (Å²) in [4.78, 5) is 5.65. The fraction of sp³-hybridized carbons (Fsp3) is 0.462. The van der Waals surface area contributed by atoms with E-state index in [0.29, 0.717) is 0 Å². The van der Waals surface area contributed by atoms with Gasteiger partial charge < -0.3 is 14.9 Å². The largest absolute Gasteiger partial charge is 0.329 e. The Hall–Kier alpha value is -1.33. The average Bonchev–Trinajstić information content (AvgIpc) is 2.68. The third kappa shape index (κ3) is 1.83. The highest BCUT2D eigenvalue weighted by molar-refractivity contribution is 7.71. The van der Waals surface area contributed by atoms with Crippen LogP contribution in [0.15, 0.2) is 18.2 Å². The minimum absolute atomic E-state index is 0.795. The summed E-state index contributed by atoms with van der Waals surface area (Å²) >= 11 is 5.47. The summed E-state index contributed by atoms with van der Waals surface area (Å²) in [7, 11) is 2.16. The molecule has 0 radical (unpaired) electrons. The van der Waals surface area contributed by atoms with Gasteiger partial charge in [0, 0.05) is 26.2 Å². The van der Waals surface area contributed by atoms with Crippen molar-refractivity contribution in [3.8, 4) is 0 Å². The number of H-pyrrole nitrogens is 1. The number of para-hydroxylation sites is 1. The maximum absolute atomic E-state index is 5.47. The number of aromatic nitrogens is 2. The Bertz CT molecular complexity index is 619. The first kappa shape index (κ1) is 11.7. The molecule has 1 saturated heterocycles. The molecule has 3 rings (SSSR count). The maximum atomic E-state index is 5.47. The van der Waals surface area contributed by atoms with Crippen LogP contribution in [0.5, 0.6) is 0 Å². The van der Waals surface area contributed by atoms with Gasteiger partial charge in [-0.3, -0.25) is 0 Å². The van der Waals surface area contributed by atoms with E-state index in [4.69, 9.17) is 12.2 Å². The number of hydrogen-bond acceptors (Lipinski definition) is 3. The Kier molecular flexibility index (Phi) is 2.87. The van der Waals surface area contributed by atoms with Crippen LogP contribution >= 0.6 is 12.2 Å². The van der Waals surface area contributed by atoms with Crippen LogP contribution < -0.4 is 5.01 Å². The summed E-state index contributed by atoms with van der Waals surface area (Å²) in [6.45, 7) is 6.34. The molecule has 0 bridgehead atoms. The van der Waals surface area contributed by atoms with Crippen molar-refractivity contribution in [3.05, 3.63) is 28.5 Å². The van der Waals surface area contributed by atoms with Gasteiger partial charge in [-0.25, -0.2) is 4.68 Å². The molecule has 1 N–H and O–H groups in total. The molecule has 0 amide bonds. The fourth-order valence-electron chi connectivity index (χ4n) is 2.58. The monoisotopic (exact) mass is 262 g/mol. The zero-order chi connectivity index (χ0) is 12.7. The number of likely N-dealkylation sites (N-methyl/N-ethyl adjacent to an activating group) is 1. The van der Waals surface area contributed by atoms with Gasteiger partial charge in [0.15, 0.2) is 4.77 Å². The molecule has 0 atom stereocenters. The number of aromatic amines is 1. The van der Waals surface area contributed by atoms with Gasteiger partial charge >= 0.3 is 0 Å². The van der Waals surface area contributed by atoms with Crippen molar-refractivity contribution in [1.29, 1.82) is 0 Å². The molecule has 5 heteroatoms. The number of hydrogen-bond donors (Lipinski definition) is 1. The second kappa shape index (κ2) is 4.40. The molecule has 18 heavy (non-hydrogen) atoms. The third-order valence-electron chi connectivity index (χ3n) is 3.65. The lowest BCUT2D eigenvalue weighted by atomic mass is 10.2. The van der Waals surface area contributed by atoms with Crippen LogP contribution in [-0.2, 0) is 0 Å². The lowest BCUT2D eigenvalue weighted by Crippen LogP contribution is -2.49. The van der Waals surface area contributed by atoms with Gasteiger partial charge in [-0.15, -0.1) is 0 Å². The fourth-order valence-corrected chi connectivity index (χ4v) is 2.89. The van der Waals surface area contributed by atoms with E-state index in [2.05, 4.69) is 51.7 Å². The Labute approximate surface area is 112 Å². The van der Waals surface area contributed by atoms with E-state index in [1.54, 1.807) is 0 Å². The molecule has 0 unspecified atom stereocenters. The van der Waals surface area contributed by atoms with Crippen molar-refractivity contribution in [3.63, 3.8) is 0 Å². The highest BCUT2D eigenvalue weighted by Gasteiger charge is 2.17. The molecule has 2 aromatic rings. The van der Waals surface area contributed by atoms with Gasteiger partial charge in [-0.2, -0.15) is 0 Å². The van der Waals surface area contributed by atoms with E-state index in [1.165, 1.54) is 11.1 Å². The molecule has 1 aromatic carbocycles. The minimum Gasteiger partial charge on any atom is -0.329 e. The first-order valence-electron chi connectivity index (χ1n) is 6.31. The quantitative estimate of drug-likeness (QED) is 0.795. The van der Waals surface area contributed by atoms with Gasteiger partial charge in [0.05, 0.1) is 11.0 Å². The second-order valence-electron chi connectivity index (χ2n) is 4.97.